The molecule has 3 heterocycles. The molecule has 0 fully saturated rings. The first-order valence-electron chi connectivity index (χ1n) is 7.25. The molecule has 1 N–H and O–H groups in total. The van der Waals surface area contributed by atoms with E-state index in [1.165, 1.54) is 9.77 Å². The fourth-order valence-corrected chi connectivity index (χ4v) is 5.06. The van der Waals surface area contributed by atoms with E-state index in [1.807, 2.05) is 49.1 Å². The van der Waals surface area contributed by atoms with Gasteiger partial charge in [-0.3, -0.25) is 0 Å². The van der Waals surface area contributed by atoms with Gasteiger partial charge in [-0.1, -0.05) is 6.92 Å². The molecule has 0 saturated heterocycles. The number of pyridine rings is 1. The molecule has 0 bridgehead atoms. The van der Waals surface area contributed by atoms with Gasteiger partial charge < -0.3 is 10.1 Å². The SMILES string of the molecule is CC(C)Oc1ncccc1NC1C[C@H](C)Sc2sccc21. The molecule has 0 aromatic carbocycles. The van der Waals surface area contributed by atoms with Crippen LogP contribution in [-0.2, 0) is 0 Å². The van der Waals surface area contributed by atoms with Gasteiger partial charge in [0.15, 0.2) is 0 Å². The third kappa shape index (κ3) is 3.35. The van der Waals surface area contributed by atoms with Crippen LogP contribution in [-0.4, -0.2) is 16.3 Å². The number of hydrogen-bond donors (Lipinski definition) is 1. The Morgan fingerprint density at radius 1 is 1.38 bits per heavy atom. The maximum atomic E-state index is 5.81. The molecular weight excluding hydrogens is 300 g/mol. The van der Waals surface area contributed by atoms with E-state index in [-0.39, 0.29) is 6.10 Å². The lowest BCUT2D eigenvalue weighted by Crippen LogP contribution is -2.20. The van der Waals surface area contributed by atoms with Crippen molar-refractivity contribution in [2.45, 2.75) is 48.8 Å². The lowest BCUT2D eigenvalue weighted by atomic mass is 10.0. The number of anilines is 1. The van der Waals surface area contributed by atoms with Gasteiger partial charge in [0.2, 0.25) is 5.88 Å². The summed E-state index contributed by atoms with van der Waals surface area (Å²) >= 11 is 3.81. The lowest BCUT2D eigenvalue weighted by molar-refractivity contribution is 0.234. The van der Waals surface area contributed by atoms with Gasteiger partial charge in [-0.2, -0.15) is 0 Å². The van der Waals surface area contributed by atoms with Gasteiger partial charge in [-0.05, 0) is 49.4 Å². The number of nitrogens with one attached hydrogen (secondary N) is 1. The van der Waals surface area contributed by atoms with Crippen molar-refractivity contribution in [2.24, 2.45) is 0 Å². The van der Waals surface area contributed by atoms with E-state index < -0.39 is 0 Å². The average molecular weight is 320 g/mol. The third-order valence-electron chi connectivity index (χ3n) is 3.36. The van der Waals surface area contributed by atoms with Crippen molar-refractivity contribution in [3.63, 3.8) is 0 Å². The molecule has 0 spiro atoms. The minimum atomic E-state index is 0.123. The van der Waals surface area contributed by atoms with E-state index in [2.05, 4.69) is 28.7 Å². The molecule has 1 aliphatic rings. The van der Waals surface area contributed by atoms with Crippen molar-refractivity contribution in [3.05, 3.63) is 35.3 Å². The van der Waals surface area contributed by atoms with Crippen LogP contribution in [0.15, 0.2) is 34.0 Å². The Kier molecular flexibility index (Phi) is 4.40. The largest absolute Gasteiger partial charge is 0.473 e. The summed E-state index contributed by atoms with van der Waals surface area (Å²) in [7, 11) is 0. The number of aromatic nitrogens is 1. The van der Waals surface area contributed by atoms with Gasteiger partial charge in [0.1, 0.15) is 0 Å². The minimum Gasteiger partial charge on any atom is -0.473 e. The van der Waals surface area contributed by atoms with Gasteiger partial charge in [-0.15, -0.1) is 23.1 Å². The summed E-state index contributed by atoms with van der Waals surface area (Å²) in [4.78, 5) is 4.36. The maximum Gasteiger partial charge on any atom is 0.237 e. The number of hydrogen-bond acceptors (Lipinski definition) is 5. The molecule has 0 amide bonds. The predicted molar refractivity (Wildman–Crippen MR) is 90.6 cm³/mol. The zero-order chi connectivity index (χ0) is 14.8. The summed E-state index contributed by atoms with van der Waals surface area (Å²) in [6, 6.07) is 6.56. The fourth-order valence-electron chi connectivity index (χ4n) is 2.49. The van der Waals surface area contributed by atoms with Crippen molar-refractivity contribution in [1.29, 1.82) is 0 Å². The molecule has 5 heteroatoms. The maximum absolute atomic E-state index is 5.81. The normalized spacial score (nSPS) is 21.1. The highest BCUT2D eigenvalue weighted by Crippen LogP contribution is 2.45. The molecule has 1 aliphatic heterocycles. The first-order valence-corrected chi connectivity index (χ1v) is 9.01. The second kappa shape index (κ2) is 6.28. The molecule has 0 radical (unpaired) electrons. The zero-order valence-electron chi connectivity index (χ0n) is 12.5. The Bertz CT molecular complexity index is 612. The van der Waals surface area contributed by atoms with E-state index in [4.69, 9.17) is 4.74 Å². The Hall–Kier alpha value is -1.20. The Balaban J connectivity index is 1.85. The van der Waals surface area contributed by atoms with E-state index in [0.29, 0.717) is 17.2 Å². The topological polar surface area (TPSA) is 34.1 Å². The average Bonchev–Trinajstić information content (AvgIpc) is 2.88. The first-order chi connectivity index (χ1) is 10.1. The smallest absolute Gasteiger partial charge is 0.237 e. The second-order valence-corrected chi connectivity index (χ2v) is 8.17. The predicted octanol–water partition coefficient (Wildman–Crippen LogP) is 4.97. The Morgan fingerprint density at radius 2 is 2.24 bits per heavy atom. The minimum absolute atomic E-state index is 0.123. The van der Waals surface area contributed by atoms with E-state index in [9.17, 15) is 0 Å². The fraction of sp³-hybridized carbons (Fsp3) is 0.438. The molecule has 2 aromatic rings. The van der Waals surface area contributed by atoms with Crippen LogP contribution < -0.4 is 10.1 Å². The van der Waals surface area contributed by atoms with E-state index in [0.717, 1.165) is 12.1 Å². The molecule has 0 aliphatic carbocycles. The second-order valence-electron chi connectivity index (χ2n) is 5.55. The van der Waals surface area contributed by atoms with Crippen molar-refractivity contribution in [1.82, 2.24) is 4.98 Å². The highest BCUT2D eigenvalue weighted by Gasteiger charge is 2.27. The number of fused-ring (bicyclic) bond motifs is 1. The molecule has 3 rings (SSSR count). The molecule has 3 nitrogen and oxygen atoms in total. The molecule has 112 valence electrons. The molecular formula is C16H20N2OS2. The Morgan fingerprint density at radius 3 is 3.05 bits per heavy atom. The van der Waals surface area contributed by atoms with Crippen LogP contribution in [0.4, 0.5) is 5.69 Å². The Labute approximate surface area is 134 Å². The summed E-state index contributed by atoms with van der Waals surface area (Å²) in [5.74, 6) is 0.690. The standard InChI is InChI=1S/C16H20N2OS2/c1-10(2)19-15-13(5-4-7-17-15)18-14-9-11(3)21-16-12(14)6-8-20-16/h4-8,10-11,14,18H,9H2,1-3H3/t11-,14?/m0/s1. The van der Waals surface area contributed by atoms with Gasteiger partial charge in [0.05, 0.1) is 22.0 Å². The van der Waals surface area contributed by atoms with Crippen LogP contribution in [0.5, 0.6) is 5.88 Å². The summed E-state index contributed by atoms with van der Waals surface area (Å²) in [6.45, 7) is 6.33. The van der Waals surface area contributed by atoms with Crippen molar-refractivity contribution in [2.75, 3.05) is 5.32 Å². The number of ether oxygens (including phenoxy) is 1. The molecule has 0 saturated carbocycles. The van der Waals surface area contributed by atoms with Gasteiger partial charge in [0, 0.05) is 11.4 Å². The van der Waals surface area contributed by atoms with Gasteiger partial charge >= 0.3 is 0 Å². The zero-order valence-corrected chi connectivity index (χ0v) is 14.1. The molecule has 1 unspecified atom stereocenters. The van der Waals surface area contributed by atoms with Crippen LogP contribution in [0.2, 0.25) is 0 Å². The van der Waals surface area contributed by atoms with Crippen molar-refractivity contribution < 1.29 is 4.74 Å². The van der Waals surface area contributed by atoms with Crippen LogP contribution in [0, 0.1) is 0 Å². The summed E-state index contributed by atoms with van der Waals surface area (Å²) in [5, 5.41) is 6.44. The summed E-state index contributed by atoms with van der Waals surface area (Å²) in [6.07, 6.45) is 3.01. The first kappa shape index (κ1) is 14.7. The van der Waals surface area contributed by atoms with Crippen LogP contribution in [0.1, 0.15) is 38.8 Å². The molecule has 21 heavy (non-hydrogen) atoms. The van der Waals surface area contributed by atoms with Crippen molar-refractivity contribution in [3.8, 4) is 5.88 Å². The number of thioether (sulfide) groups is 1. The van der Waals surface area contributed by atoms with Gasteiger partial charge in [0.25, 0.3) is 0 Å². The number of rotatable bonds is 4. The molecule has 2 aromatic heterocycles. The summed E-state index contributed by atoms with van der Waals surface area (Å²) < 4.78 is 7.24. The van der Waals surface area contributed by atoms with E-state index >= 15 is 0 Å². The number of nitrogens with zero attached hydrogens (tertiary/aromatic N) is 1. The highest BCUT2D eigenvalue weighted by atomic mass is 32.2. The van der Waals surface area contributed by atoms with Crippen LogP contribution >= 0.6 is 23.1 Å². The van der Waals surface area contributed by atoms with E-state index in [1.54, 1.807) is 6.20 Å². The molecule has 2 atom stereocenters. The highest BCUT2D eigenvalue weighted by molar-refractivity contribution is 8.01. The van der Waals surface area contributed by atoms with Crippen LogP contribution in [0.25, 0.3) is 0 Å². The van der Waals surface area contributed by atoms with Gasteiger partial charge in [-0.25, -0.2) is 4.98 Å². The third-order valence-corrected chi connectivity index (χ3v) is 5.70. The monoisotopic (exact) mass is 320 g/mol. The lowest BCUT2D eigenvalue weighted by Gasteiger charge is -2.28. The quantitative estimate of drug-likeness (QED) is 0.862. The van der Waals surface area contributed by atoms with Crippen LogP contribution in [0.3, 0.4) is 0 Å². The summed E-state index contributed by atoms with van der Waals surface area (Å²) in [5.41, 5.74) is 2.38. The number of thiophene rings is 1. The van der Waals surface area contributed by atoms with Crippen molar-refractivity contribution >= 4 is 28.8 Å².